The predicted molar refractivity (Wildman–Crippen MR) is 109 cm³/mol. The van der Waals surface area contributed by atoms with E-state index in [2.05, 4.69) is 46.4 Å². The number of benzene rings is 1. The first kappa shape index (κ1) is 17.5. The number of amides is 1. The Balaban J connectivity index is 1.16. The minimum atomic E-state index is 0.145. The first-order valence-electron chi connectivity index (χ1n) is 11.0. The van der Waals surface area contributed by atoms with E-state index in [1.807, 2.05) is 0 Å². The average molecular weight is 368 g/mol. The first-order valence-corrected chi connectivity index (χ1v) is 11.0. The number of hydrogen-bond acceptors (Lipinski definition) is 3. The second kappa shape index (κ2) is 6.80. The van der Waals surface area contributed by atoms with E-state index in [0.717, 1.165) is 44.4 Å². The zero-order valence-electron chi connectivity index (χ0n) is 16.6. The third kappa shape index (κ3) is 3.49. The number of nitrogens with one attached hydrogen (secondary N) is 1. The molecule has 1 saturated heterocycles. The van der Waals surface area contributed by atoms with E-state index >= 15 is 0 Å². The van der Waals surface area contributed by atoms with Crippen molar-refractivity contribution < 1.29 is 4.79 Å². The van der Waals surface area contributed by atoms with Crippen LogP contribution in [0.5, 0.6) is 0 Å². The number of likely N-dealkylation sites (tertiary alicyclic amines) is 1. The van der Waals surface area contributed by atoms with Crippen molar-refractivity contribution in [3.8, 4) is 0 Å². The average Bonchev–Trinajstić information content (AvgIpc) is 3.59. The molecule has 2 unspecified atom stereocenters. The predicted octanol–water partition coefficient (Wildman–Crippen LogP) is 3.38. The Morgan fingerprint density at radius 1 is 1.22 bits per heavy atom. The number of carbonyl (C=O) groups is 1. The van der Waals surface area contributed by atoms with E-state index in [0.29, 0.717) is 11.3 Å². The van der Waals surface area contributed by atoms with Crippen LogP contribution >= 0.6 is 0 Å². The Labute approximate surface area is 163 Å². The largest absolute Gasteiger partial charge is 0.385 e. The van der Waals surface area contributed by atoms with Crippen molar-refractivity contribution in [2.24, 2.45) is 17.3 Å². The quantitative estimate of drug-likeness (QED) is 0.886. The van der Waals surface area contributed by atoms with Crippen LogP contribution in [-0.2, 0) is 11.2 Å². The van der Waals surface area contributed by atoms with Crippen molar-refractivity contribution in [3.63, 3.8) is 0 Å². The van der Waals surface area contributed by atoms with Crippen LogP contribution in [0.2, 0.25) is 0 Å². The van der Waals surface area contributed by atoms with Gasteiger partial charge < -0.3 is 15.1 Å². The molecule has 1 spiro atoms. The maximum absolute atomic E-state index is 13.2. The van der Waals surface area contributed by atoms with E-state index in [9.17, 15) is 4.79 Å². The van der Waals surface area contributed by atoms with Gasteiger partial charge in [-0.25, -0.2) is 0 Å². The van der Waals surface area contributed by atoms with Crippen molar-refractivity contribution in [1.29, 1.82) is 0 Å². The van der Waals surface area contributed by atoms with Gasteiger partial charge in [-0.05, 0) is 75.0 Å². The lowest BCUT2D eigenvalue weighted by atomic mass is 9.89. The second-order valence-corrected chi connectivity index (χ2v) is 9.53. The van der Waals surface area contributed by atoms with E-state index in [4.69, 9.17) is 0 Å². The summed E-state index contributed by atoms with van der Waals surface area (Å²) in [5, 5.41) is 3.50. The fourth-order valence-electron chi connectivity index (χ4n) is 5.58. The van der Waals surface area contributed by atoms with Crippen molar-refractivity contribution in [1.82, 2.24) is 9.80 Å². The Kier molecular flexibility index (Phi) is 4.42. The zero-order chi connectivity index (χ0) is 18.4. The molecule has 2 aliphatic heterocycles. The Hall–Kier alpha value is -1.55. The Morgan fingerprint density at radius 3 is 2.78 bits per heavy atom. The molecule has 4 aliphatic rings. The van der Waals surface area contributed by atoms with Crippen molar-refractivity contribution in [2.45, 2.75) is 51.0 Å². The van der Waals surface area contributed by atoms with Gasteiger partial charge in [0.15, 0.2) is 0 Å². The molecule has 2 saturated carbocycles. The van der Waals surface area contributed by atoms with Crippen LogP contribution in [0.15, 0.2) is 24.3 Å². The smallest absolute Gasteiger partial charge is 0.226 e. The molecule has 1 aromatic carbocycles. The van der Waals surface area contributed by atoms with Crippen LogP contribution in [0.4, 0.5) is 5.69 Å². The van der Waals surface area contributed by atoms with Gasteiger partial charge in [-0.15, -0.1) is 0 Å². The molecule has 0 radical (unpaired) electrons. The molecule has 4 heteroatoms. The zero-order valence-corrected chi connectivity index (χ0v) is 16.6. The van der Waals surface area contributed by atoms with Gasteiger partial charge in [0.25, 0.3) is 0 Å². The van der Waals surface area contributed by atoms with Crippen LogP contribution < -0.4 is 5.32 Å². The summed E-state index contributed by atoms with van der Waals surface area (Å²) in [6.45, 7) is 4.15. The van der Waals surface area contributed by atoms with Crippen molar-refractivity contribution >= 4 is 11.6 Å². The standard InChI is InChI=1S/C23H33N3O/c1-25(20-6-7-20)16-19-15-23(19)9-12-26(13-10-23)22(27)18-8-11-24-21-5-3-2-4-17(21)14-18/h2-5,18-20,24H,6-16H2,1H3. The maximum atomic E-state index is 13.2. The molecular weight excluding hydrogens is 334 g/mol. The van der Waals surface area contributed by atoms with Crippen molar-refractivity contribution in [2.75, 3.05) is 38.5 Å². The summed E-state index contributed by atoms with van der Waals surface area (Å²) in [5.74, 6) is 1.43. The number of rotatable bonds is 4. The van der Waals surface area contributed by atoms with Crippen LogP contribution in [-0.4, -0.2) is 55.0 Å². The highest BCUT2D eigenvalue weighted by Crippen LogP contribution is 2.59. The molecule has 2 aliphatic carbocycles. The van der Waals surface area contributed by atoms with Gasteiger partial charge in [0.1, 0.15) is 0 Å². The third-order valence-corrected chi connectivity index (χ3v) is 7.75. The summed E-state index contributed by atoms with van der Waals surface area (Å²) in [6, 6.07) is 9.34. The molecular formula is C23H33N3O. The van der Waals surface area contributed by atoms with E-state index in [1.165, 1.54) is 49.9 Å². The molecule has 27 heavy (non-hydrogen) atoms. The fraction of sp³-hybridized carbons (Fsp3) is 0.696. The van der Waals surface area contributed by atoms with E-state index in [1.54, 1.807) is 0 Å². The number of carbonyl (C=O) groups excluding carboxylic acids is 1. The third-order valence-electron chi connectivity index (χ3n) is 7.75. The van der Waals surface area contributed by atoms with E-state index < -0.39 is 0 Å². The minimum Gasteiger partial charge on any atom is -0.385 e. The van der Waals surface area contributed by atoms with Gasteiger partial charge in [-0.2, -0.15) is 0 Å². The normalized spacial score (nSPS) is 29.2. The number of fused-ring (bicyclic) bond motifs is 1. The van der Waals surface area contributed by atoms with Crippen LogP contribution in [0.1, 0.15) is 44.1 Å². The highest BCUT2D eigenvalue weighted by Gasteiger charge is 2.55. The second-order valence-electron chi connectivity index (χ2n) is 9.53. The molecule has 0 aromatic heterocycles. The molecule has 1 amide bonds. The lowest BCUT2D eigenvalue weighted by Crippen LogP contribution is -2.43. The number of piperidine rings is 1. The lowest BCUT2D eigenvalue weighted by Gasteiger charge is -2.35. The SMILES string of the molecule is CN(CC1CC12CCN(C(=O)C1CCNc3ccccc3C1)CC2)C1CC1. The van der Waals surface area contributed by atoms with Gasteiger partial charge in [0, 0.05) is 43.8 Å². The fourth-order valence-corrected chi connectivity index (χ4v) is 5.58. The summed E-state index contributed by atoms with van der Waals surface area (Å²) in [4.78, 5) is 18.0. The number of nitrogens with zero attached hydrogens (tertiary/aromatic N) is 2. The Bertz CT molecular complexity index is 705. The molecule has 146 valence electrons. The molecule has 1 aromatic rings. The van der Waals surface area contributed by atoms with E-state index in [-0.39, 0.29) is 5.92 Å². The first-order chi connectivity index (χ1) is 13.1. The van der Waals surface area contributed by atoms with Crippen LogP contribution in [0.25, 0.3) is 0 Å². The minimum absolute atomic E-state index is 0.145. The number of hydrogen-bond donors (Lipinski definition) is 1. The molecule has 2 atom stereocenters. The summed E-state index contributed by atoms with van der Waals surface area (Å²) < 4.78 is 0. The van der Waals surface area contributed by atoms with Crippen molar-refractivity contribution in [3.05, 3.63) is 29.8 Å². The molecule has 0 bridgehead atoms. The molecule has 2 heterocycles. The highest BCUT2D eigenvalue weighted by molar-refractivity contribution is 5.80. The van der Waals surface area contributed by atoms with Gasteiger partial charge in [0.05, 0.1) is 0 Å². The van der Waals surface area contributed by atoms with Gasteiger partial charge in [-0.1, -0.05) is 18.2 Å². The highest BCUT2D eigenvalue weighted by atomic mass is 16.2. The van der Waals surface area contributed by atoms with Gasteiger partial charge >= 0.3 is 0 Å². The number of para-hydroxylation sites is 1. The molecule has 4 nitrogen and oxygen atoms in total. The van der Waals surface area contributed by atoms with Crippen LogP contribution in [0, 0.1) is 17.3 Å². The summed E-state index contributed by atoms with van der Waals surface area (Å²) >= 11 is 0. The van der Waals surface area contributed by atoms with Crippen LogP contribution in [0.3, 0.4) is 0 Å². The van der Waals surface area contributed by atoms with Gasteiger partial charge in [-0.3, -0.25) is 4.79 Å². The Morgan fingerprint density at radius 2 is 2.00 bits per heavy atom. The summed E-state index contributed by atoms with van der Waals surface area (Å²) in [7, 11) is 2.31. The molecule has 5 rings (SSSR count). The molecule has 1 N–H and O–H groups in total. The number of anilines is 1. The lowest BCUT2D eigenvalue weighted by molar-refractivity contribution is -0.137. The summed E-state index contributed by atoms with van der Waals surface area (Å²) in [5.41, 5.74) is 3.08. The van der Waals surface area contributed by atoms with Gasteiger partial charge in [0.2, 0.25) is 5.91 Å². The summed E-state index contributed by atoms with van der Waals surface area (Å²) in [6.07, 6.45) is 8.48. The monoisotopic (exact) mass is 367 g/mol. The molecule has 3 fully saturated rings. The topological polar surface area (TPSA) is 35.6 Å². The maximum Gasteiger partial charge on any atom is 0.226 e.